The third kappa shape index (κ3) is 3.58. The molecule has 6 heteroatoms. The summed E-state index contributed by atoms with van der Waals surface area (Å²) in [5.41, 5.74) is 2.88. The molecular formula is C15H15BrN2O3. The summed E-state index contributed by atoms with van der Waals surface area (Å²) in [6.45, 7) is 3.86. The first-order valence-corrected chi connectivity index (χ1v) is 7.21. The largest absolute Gasteiger partial charge is 0.494 e. The molecule has 1 aromatic heterocycles. The van der Waals surface area contributed by atoms with E-state index in [1.54, 1.807) is 7.11 Å². The smallest absolute Gasteiger partial charge is 0.322 e. The predicted molar refractivity (Wildman–Crippen MR) is 82.3 cm³/mol. The van der Waals surface area contributed by atoms with Crippen LogP contribution in [0.15, 0.2) is 24.5 Å². The Morgan fingerprint density at radius 3 is 2.19 bits per heavy atom. The molecule has 0 aliphatic heterocycles. The molecule has 0 bridgehead atoms. The van der Waals surface area contributed by atoms with Crippen molar-refractivity contribution in [2.24, 2.45) is 0 Å². The van der Waals surface area contributed by atoms with Crippen molar-refractivity contribution in [2.75, 3.05) is 7.11 Å². The predicted octanol–water partition coefficient (Wildman–Crippen LogP) is 3.53. The van der Waals surface area contributed by atoms with E-state index in [9.17, 15) is 4.79 Å². The monoisotopic (exact) mass is 350 g/mol. The van der Waals surface area contributed by atoms with Gasteiger partial charge in [-0.15, -0.1) is 0 Å². The molecule has 110 valence electrons. The van der Waals surface area contributed by atoms with Gasteiger partial charge < -0.3 is 14.3 Å². The van der Waals surface area contributed by atoms with Gasteiger partial charge in [0, 0.05) is 0 Å². The minimum atomic E-state index is -0.316. The molecule has 1 unspecified atom stereocenters. The second kappa shape index (κ2) is 6.67. The lowest BCUT2D eigenvalue weighted by atomic mass is 10.00. The Labute approximate surface area is 131 Å². The standard InChI is InChI=1S/C15H15BrN2O3/c1-9-4-11(5-10(2)14(9)13(16)8-19)21-15-17-6-12(20-3)7-18-15/h4-8,13H,1-3H3. The normalized spacial score (nSPS) is 11.8. The maximum absolute atomic E-state index is 10.9. The van der Waals surface area contributed by atoms with Crippen LogP contribution in [0.4, 0.5) is 0 Å². The van der Waals surface area contributed by atoms with E-state index in [4.69, 9.17) is 9.47 Å². The van der Waals surface area contributed by atoms with E-state index in [0.29, 0.717) is 11.5 Å². The van der Waals surface area contributed by atoms with Gasteiger partial charge in [0.05, 0.1) is 24.3 Å². The van der Waals surface area contributed by atoms with Gasteiger partial charge in [-0.25, -0.2) is 0 Å². The summed E-state index contributed by atoms with van der Waals surface area (Å²) in [6.07, 6.45) is 3.94. The average molecular weight is 351 g/mol. The molecular weight excluding hydrogens is 336 g/mol. The molecule has 0 spiro atoms. The van der Waals surface area contributed by atoms with Crippen LogP contribution in [0.1, 0.15) is 21.5 Å². The van der Waals surface area contributed by atoms with Crippen molar-refractivity contribution >= 4 is 22.2 Å². The van der Waals surface area contributed by atoms with Gasteiger partial charge in [0.2, 0.25) is 0 Å². The number of benzene rings is 1. The second-order valence-electron chi connectivity index (χ2n) is 4.52. The number of hydrogen-bond donors (Lipinski definition) is 0. The third-order valence-corrected chi connectivity index (χ3v) is 3.69. The van der Waals surface area contributed by atoms with Gasteiger partial charge in [-0.2, -0.15) is 9.97 Å². The lowest BCUT2D eigenvalue weighted by Crippen LogP contribution is -2.00. The van der Waals surface area contributed by atoms with E-state index in [-0.39, 0.29) is 10.8 Å². The third-order valence-electron chi connectivity index (χ3n) is 3.01. The molecule has 0 fully saturated rings. The number of aryl methyl sites for hydroxylation is 2. The number of nitrogens with zero attached hydrogens (tertiary/aromatic N) is 2. The first kappa shape index (κ1) is 15.4. The lowest BCUT2D eigenvalue weighted by Gasteiger charge is -2.13. The zero-order chi connectivity index (χ0) is 15.4. The molecule has 0 radical (unpaired) electrons. The fourth-order valence-electron chi connectivity index (χ4n) is 2.06. The Balaban J connectivity index is 2.26. The molecule has 21 heavy (non-hydrogen) atoms. The van der Waals surface area contributed by atoms with E-state index in [0.717, 1.165) is 23.0 Å². The van der Waals surface area contributed by atoms with E-state index in [1.807, 2.05) is 26.0 Å². The number of carbonyl (C=O) groups excluding carboxylic acids is 1. The van der Waals surface area contributed by atoms with E-state index >= 15 is 0 Å². The fourth-order valence-corrected chi connectivity index (χ4v) is 2.79. The highest BCUT2D eigenvalue weighted by atomic mass is 79.9. The van der Waals surface area contributed by atoms with E-state index < -0.39 is 0 Å². The van der Waals surface area contributed by atoms with Gasteiger partial charge in [0.25, 0.3) is 0 Å². The summed E-state index contributed by atoms with van der Waals surface area (Å²) in [5, 5.41) is 0. The van der Waals surface area contributed by atoms with Crippen LogP contribution in [0.3, 0.4) is 0 Å². The van der Waals surface area contributed by atoms with Crippen LogP contribution in [0.5, 0.6) is 17.5 Å². The van der Waals surface area contributed by atoms with Gasteiger partial charge in [-0.05, 0) is 42.7 Å². The van der Waals surface area contributed by atoms with Gasteiger partial charge in [0.15, 0.2) is 5.75 Å². The van der Waals surface area contributed by atoms with Crippen molar-refractivity contribution in [3.8, 4) is 17.5 Å². The van der Waals surface area contributed by atoms with Crippen molar-refractivity contribution in [1.29, 1.82) is 0 Å². The Kier molecular flexibility index (Phi) is 4.90. The fraction of sp³-hybridized carbons (Fsp3) is 0.267. The van der Waals surface area contributed by atoms with Crippen molar-refractivity contribution in [3.63, 3.8) is 0 Å². The molecule has 1 aromatic carbocycles. The van der Waals surface area contributed by atoms with Crippen LogP contribution in [0.2, 0.25) is 0 Å². The zero-order valence-electron chi connectivity index (χ0n) is 12.0. The highest BCUT2D eigenvalue weighted by Crippen LogP contribution is 2.31. The average Bonchev–Trinajstić information content (AvgIpc) is 2.47. The maximum atomic E-state index is 10.9. The van der Waals surface area contributed by atoms with Gasteiger partial charge in [-0.1, -0.05) is 15.9 Å². The molecule has 1 atom stereocenters. The molecule has 0 saturated carbocycles. The number of carbonyl (C=O) groups is 1. The van der Waals surface area contributed by atoms with Crippen LogP contribution in [-0.2, 0) is 4.79 Å². The molecule has 2 aromatic rings. The highest BCUT2D eigenvalue weighted by molar-refractivity contribution is 9.09. The summed E-state index contributed by atoms with van der Waals surface area (Å²) in [4.78, 5) is 18.7. The first-order valence-electron chi connectivity index (χ1n) is 6.29. The number of ether oxygens (including phenoxy) is 2. The Bertz CT molecular complexity index is 621. The number of hydrogen-bond acceptors (Lipinski definition) is 5. The van der Waals surface area contributed by atoms with E-state index in [1.165, 1.54) is 12.4 Å². The van der Waals surface area contributed by atoms with Gasteiger partial charge in [0.1, 0.15) is 12.0 Å². The Morgan fingerprint density at radius 2 is 1.71 bits per heavy atom. The Morgan fingerprint density at radius 1 is 1.14 bits per heavy atom. The van der Waals surface area contributed by atoms with Crippen molar-refractivity contribution < 1.29 is 14.3 Å². The molecule has 1 heterocycles. The number of aldehydes is 1. The van der Waals surface area contributed by atoms with Crippen molar-refractivity contribution in [2.45, 2.75) is 18.7 Å². The lowest BCUT2D eigenvalue weighted by molar-refractivity contribution is -0.107. The number of rotatable bonds is 5. The highest BCUT2D eigenvalue weighted by Gasteiger charge is 2.14. The molecule has 0 saturated heterocycles. The van der Waals surface area contributed by atoms with Crippen LogP contribution < -0.4 is 9.47 Å². The first-order chi connectivity index (χ1) is 10.0. The number of methoxy groups -OCH3 is 1. The van der Waals surface area contributed by atoms with E-state index in [2.05, 4.69) is 25.9 Å². The maximum Gasteiger partial charge on any atom is 0.322 e. The topological polar surface area (TPSA) is 61.3 Å². The molecule has 0 N–H and O–H groups in total. The second-order valence-corrected chi connectivity index (χ2v) is 5.50. The Hall–Kier alpha value is -1.95. The molecule has 0 aliphatic rings. The molecule has 2 rings (SSSR count). The molecule has 5 nitrogen and oxygen atoms in total. The van der Waals surface area contributed by atoms with Gasteiger partial charge in [-0.3, -0.25) is 0 Å². The van der Waals surface area contributed by atoms with Crippen molar-refractivity contribution in [3.05, 3.63) is 41.2 Å². The van der Waals surface area contributed by atoms with Crippen LogP contribution in [0.25, 0.3) is 0 Å². The summed E-state index contributed by atoms with van der Waals surface area (Å²) in [7, 11) is 1.55. The quantitative estimate of drug-likeness (QED) is 0.609. The number of halogens is 1. The summed E-state index contributed by atoms with van der Waals surface area (Å²) < 4.78 is 10.6. The SMILES string of the molecule is COc1cnc(Oc2cc(C)c(C(Br)C=O)c(C)c2)nc1. The molecule has 0 aliphatic carbocycles. The minimum Gasteiger partial charge on any atom is -0.494 e. The van der Waals surface area contributed by atoms with Crippen LogP contribution in [-0.4, -0.2) is 23.4 Å². The number of alkyl halides is 1. The minimum absolute atomic E-state index is 0.244. The zero-order valence-corrected chi connectivity index (χ0v) is 13.5. The van der Waals surface area contributed by atoms with Crippen LogP contribution in [0, 0.1) is 13.8 Å². The van der Waals surface area contributed by atoms with Crippen molar-refractivity contribution in [1.82, 2.24) is 9.97 Å². The summed E-state index contributed by atoms with van der Waals surface area (Å²) >= 11 is 3.35. The molecule has 0 amide bonds. The van der Waals surface area contributed by atoms with Gasteiger partial charge >= 0.3 is 6.01 Å². The van der Waals surface area contributed by atoms with Crippen LogP contribution >= 0.6 is 15.9 Å². The number of aromatic nitrogens is 2. The summed E-state index contributed by atoms with van der Waals surface area (Å²) in [6, 6.07) is 3.95. The summed E-state index contributed by atoms with van der Waals surface area (Å²) in [5.74, 6) is 1.20.